The predicted octanol–water partition coefficient (Wildman–Crippen LogP) is 3.71. The summed E-state index contributed by atoms with van der Waals surface area (Å²) in [6, 6.07) is 4.86. The molecule has 1 aromatic rings. The van der Waals surface area contributed by atoms with Crippen molar-refractivity contribution in [3.8, 4) is 0 Å². The van der Waals surface area contributed by atoms with Gasteiger partial charge in [0.05, 0.1) is 5.56 Å². The minimum atomic E-state index is -4.33. The standard InChI is InChI=1S/C14H18F3NO/c1-13(2,3)12(19)18(4)9-10-5-7-11(8-6-10)14(15,16)17/h5-8H,9H2,1-4H3. The molecule has 0 radical (unpaired) electrons. The van der Waals surface area contributed by atoms with Crippen LogP contribution in [0.4, 0.5) is 13.2 Å². The van der Waals surface area contributed by atoms with Gasteiger partial charge in [0.15, 0.2) is 0 Å². The molecule has 5 heteroatoms. The van der Waals surface area contributed by atoms with E-state index in [2.05, 4.69) is 0 Å². The van der Waals surface area contributed by atoms with Crippen molar-refractivity contribution in [1.29, 1.82) is 0 Å². The molecule has 19 heavy (non-hydrogen) atoms. The van der Waals surface area contributed by atoms with Crippen LogP contribution in [-0.2, 0) is 17.5 Å². The summed E-state index contributed by atoms with van der Waals surface area (Å²) in [5.74, 6) is -0.0487. The zero-order valence-corrected chi connectivity index (χ0v) is 11.5. The van der Waals surface area contributed by atoms with Gasteiger partial charge >= 0.3 is 6.18 Å². The Morgan fingerprint density at radius 2 is 1.58 bits per heavy atom. The lowest BCUT2D eigenvalue weighted by Gasteiger charge is -2.26. The Balaban J connectivity index is 2.77. The van der Waals surface area contributed by atoms with E-state index < -0.39 is 17.2 Å². The highest BCUT2D eigenvalue weighted by Crippen LogP contribution is 2.29. The number of hydrogen-bond donors (Lipinski definition) is 0. The fourth-order valence-electron chi connectivity index (χ4n) is 1.72. The number of halogens is 3. The Labute approximate surface area is 111 Å². The van der Waals surface area contributed by atoms with Crippen molar-refractivity contribution in [2.24, 2.45) is 5.41 Å². The molecule has 0 atom stereocenters. The van der Waals surface area contributed by atoms with Gasteiger partial charge in [0.25, 0.3) is 0 Å². The minimum absolute atomic E-state index is 0.0487. The molecule has 0 heterocycles. The molecule has 1 aromatic carbocycles. The highest BCUT2D eigenvalue weighted by atomic mass is 19.4. The fraction of sp³-hybridized carbons (Fsp3) is 0.500. The van der Waals surface area contributed by atoms with E-state index >= 15 is 0 Å². The average Bonchev–Trinajstić information content (AvgIpc) is 2.26. The highest BCUT2D eigenvalue weighted by Gasteiger charge is 2.30. The first-order chi connectivity index (χ1) is 8.51. The van der Waals surface area contributed by atoms with Crippen molar-refractivity contribution >= 4 is 5.91 Å². The van der Waals surface area contributed by atoms with Crippen molar-refractivity contribution in [2.75, 3.05) is 7.05 Å². The molecule has 1 rings (SSSR count). The molecule has 0 N–H and O–H groups in total. The van der Waals surface area contributed by atoms with Gasteiger partial charge < -0.3 is 4.90 Å². The lowest BCUT2D eigenvalue weighted by atomic mass is 9.95. The van der Waals surface area contributed by atoms with Crippen molar-refractivity contribution in [2.45, 2.75) is 33.5 Å². The van der Waals surface area contributed by atoms with Crippen LogP contribution < -0.4 is 0 Å². The van der Waals surface area contributed by atoms with Crippen LogP contribution in [0.5, 0.6) is 0 Å². The molecule has 0 aliphatic carbocycles. The van der Waals surface area contributed by atoms with Crippen molar-refractivity contribution in [1.82, 2.24) is 4.90 Å². The molecule has 1 amide bonds. The Morgan fingerprint density at radius 1 is 1.11 bits per heavy atom. The molecule has 0 fully saturated rings. The summed E-state index contributed by atoms with van der Waals surface area (Å²) < 4.78 is 37.2. The molecule has 0 aromatic heterocycles. The van der Waals surface area contributed by atoms with Crippen LogP contribution >= 0.6 is 0 Å². The summed E-state index contributed by atoms with van der Waals surface area (Å²) >= 11 is 0. The van der Waals surface area contributed by atoms with Gasteiger partial charge in [-0.15, -0.1) is 0 Å². The van der Waals surface area contributed by atoms with Crippen LogP contribution in [0.3, 0.4) is 0 Å². The van der Waals surface area contributed by atoms with Crippen LogP contribution in [0.25, 0.3) is 0 Å². The normalized spacial score (nSPS) is 12.4. The quantitative estimate of drug-likeness (QED) is 0.804. The smallest absolute Gasteiger partial charge is 0.341 e. The Hall–Kier alpha value is -1.52. The number of benzene rings is 1. The van der Waals surface area contributed by atoms with Gasteiger partial charge in [0.2, 0.25) is 5.91 Å². The molecule has 0 saturated carbocycles. The molecule has 0 bridgehead atoms. The Morgan fingerprint density at radius 3 is 1.95 bits per heavy atom. The van der Waals surface area contributed by atoms with Gasteiger partial charge in [-0.05, 0) is 17.7 Å². The minimum Gasteiger partial charge on any atom is -0.341 e. The monoisotopic (exact) mass is 273 g/mol. The largest absolute Gasteiger partial charge is 0.416 e. The van der Waals surface area contributed by atoms with Crippen LogP contribution in [0.15, 0.2) is 24.3 Å². The van der Waals surface area contributed by atoms with Gasteiger partial charge in [-0.1, -0.05) is 32.9 Å². The third-order valence-electron chi connectivity index (χ3n) is 2.69. The van der Waals surface area contributed by atoms with E-state index in [1.807, 2.05) is 0 Å². The summed E-state index contributed by atoms with van der Waals surface area (Å²) in [7, 11) is 1.64. The molecule has 0 aliphatic rings. The van der Waals surface area contributed by atoms with Gasteiger partial charge in [-0.25, -0.2) is 0 Å². The van der Waals surface area contributed by atoms with Gasteiger partial charge in [-0.2, -0.15) is 13.2 Å². The van der Waals surface area contributed by atoms with E-state index in [0.717, 1.165) is 12.1 Å². The predicted molar refractivity (Wildman–Crippen MR) is 67.4 cm³/mol. The van der Waals surface area contributed by atoms with Crippen LogP contribution in [0.2, 0.25) is 0 Å². The fourth-order valence-corrected chi connectivity index (χ4v) is 1.72. The number of rotatable bonds is 2. The molecular weight excluding hydrogens is 255 g/mol. The van der Waals surface area contributed by atoms with E-state index in [1.54, 1.807) is 27.8 Å². The summed E-state index contributed by atoms with van der Waals surface area (Å²) in [6.07, 6.45) is -4.33. The van der Waals surface area contributed by atoms with E-state index in [-0.39, 0.29) is 5.91 Å². The number of hydrogen-bond acceptors (Lipinski definition) is 1. The van der Waals surface area contributed by atoms with E-state index in [9.17, 15) is 18.0 Å². The number of carbonyl (C=O) groups excluding carboxylic acids is 1. The summed E-state index contributed by atoms with van der Waals surface area (Å²) in [5, 5.41) is 0. The van der Waals surface area contributed by atoms with Crippen LogP contribution in [0.1, 0.15) is 31.9 Å². The van der Waals surface area contributed by atoms with E-state index in [4.69, 9.17) is 0 Å². The first kappa shape index (κ1) is 15.5. The summed E-state index contributed by atoms with van der Waals surface area (Å²) in [4.78, 5) is 13.5. The zero-order chi connectivity index (χ0) is 14.8. The van der Waals surface area contributed by atoms with E-state index in [0.29, 0.717) is 12.1 Å². The molecule has 0 aliphatic heterocycles. The number of alkyl halides is 3. The van der Waals surface area contributed by atoms with Crippen LogP contribution in [0, 0.1) is 5.41 Å². The maximum atomic E-state index is 12.4. The number of amides is 1. The number of carbonyl (C=O) groups is 1. The Kier molecular flexibility index (Phi) is 4.28. The van der Waals surface area contributed by atoms with E-state index in [1.165, 1.54) is 17.0 Å². The lowest BCUT2D eigenvalue weighted by molar-refractivity contribution is -0.139. The zero-order valence-electron chi connectivity index (χ0n) is 11.5. The number of nitrogens with zero attached hydrogens (tertiary/aromatic N) is 1. The topological polar surface area (TPSA) is 20.3 Å². The maximum absolute atomic E-state index is 12.4. The Bertz CT molecular complexity index is 443. The third kappa shape index (κ3) is 4.26. The van der Waals surface area contributed by atoms with Gasteiger partial charge in [0, 0.05) is 19.0 Å². The first-order valence-electron chi connectivity index (χ1n) is 5.93. The first-order valence-corrected chi connectivity index (χ1v) is 5.93. The average molecular weight is 273 g/mol. The molecule has 0 saturated heterocycles. The molecule has 106 valence electrons. The molecular formula is C14H18F3NO. The van der Waals surface area contributed by atoms with Crippen molar-refractivity contribution in [3.05, 3.63) is 35.4 Å². The van der Waals surface area contributed by atoms with Crippen molar-refractivity contribution < 1.29 is 18.0 Å². The lowest BCUT2D eigenvalue weighted by Crippen LogP contribution is -2.36. The van der Waals surface area contributed by atoms with Gasteiger partial charge in [0.1, 0.15) is 0 Å². The summed E-state index contributed by atoms with van der Waals surface area (Å²) in [6.45, 7) is 5.71. The molecule has 0 spiro atoms. The third-order valence-corrected chi connectivity index (χ3v) is 2.69. The summed E-state index contributed by atoms with van der Waals surface area (Å²) in [5.41, 5.74) is -0.505. The SMILES string of the molecule is CN(Cc1ccc(C(F)(F)F)cc1)C(=O)C(C)(C)C. The molecule has 2 nitrogen and oxygen atoms in total. The second-order valence-electron chi connectivity index (χ2n) is 5.61. The van der Waals surface area contributed by atoms with Crippen LogP contribution in [-0.4, -0.2) is 17.9 Å². The molecule has 0 unspecified atom stereocenters. The van der Waals surface area contributed by atoms with Crippen molar-refractivity contribution in [3.63, 3.8) is 0 Å². The second-order valence-corrected chi connectivity index (χ2v) is 5.61. The van der Waals surface area contributed by atoms with Gasteiger partial charge in [-0.3, -0.25) is 4.79 Å². The maximum Gasteiger partial charge on any atom is 0.416 e. The second kappa shape index (κ2) is 5.23. The highest BCUT2D eigenvalue weighted by molar-refractivity contribution is 5.81.